The normalized spacial score (nSPS) is 14.4. The molecule has 0 saturated heterocycles. The molecule has 1 aliphatic heterocycles. The first-order valence-corrected chi connectivity index (χ1v) is 9.31. The molecule has 11 heteroatoms. The van der Waals surface area contributed by atoms with Gasteiger partial charge in [-0.1, -0.05) is 12.1 Å². The molecule has 0 aliphatic carbocycles. The molecule has 2 N–H and O–H groups in total. The second-order valence-electron chi connectivity index (χ2n) is 5.81. The summed E-state index contributed by atoms with van der Waals surface area (Å²) in [6.07, 6.45) is 3.46. The summed E-state index contributed by atoms with van der Waals surface area (Å²) in [4.78, 5) is 21.6. The number of nitrogens with zero attached hydrogens (tertiary/aromatic N) is 4. The summed E-state index contributed by atoms with van der Waals surface area (Å²) in [7, 11) is 0. The van der Waals surface area contributed by atoms with Crippen LogP contribution in [0.5, 0.6) is 5.88 Å². The fraction of sp³-hybridized carbons (Fsp3) is 0.176. The van der Waals surface area contributed by atoms with Gasteiger partial charge < -0.3 is 10.2 Å². The number of nitro benzene ring substituents is 1. The van der Waals surface area contributed by atoms with Crippen LogP contribution in [0.2, 0.25) is 0 Å². The van der Waals surface area contributed by atoms with Gasteiger partial charge in [-0.15, -0.1) is 16.4 Å². The summed E-state index contributed by atoms with van der Waals surface area (Å²) in [6.45, 7) is 0.288. The minimum absolute atomic E-state index is 0.0241. The third-order valence-corrected chi connectivity index (χ3v) is 5.30. The quantitative estimate of drug-likeness (QED) is 0.401. The van der Waals surface area contributed by atoms with Crippen molar-refractivity contribution in [3.8, 4) is 5.88 Å². The molecule has 0 bridgehead atoms. The van der Waals surface area contributed by atoms with Gasteiger partial charge in [0.15, 0.2) is 3.95 Å². The Labute approximate surface area is 167 Å². The van der Waals surface area contributed by atoms with E-state index in [1.54, 1.807) is 18.2 Å². The molecular formula is C17H14N4O5S2. The molecule has 0 radical (unpaired) electrons. The number of carboxylic acid groups (broad SMARTS) is 1. The number of thiazole rings is 1. The first-order chi connectivity index (χ1) is 13.4. The summed E-state index contributed by atoms with van der Waals surface area (Å²) in [5.41, 5.74) is 1.49. The van der Waals surface area contributed by atoms with Crippen LogP contribution >= 0.6 is 23.6 Å². The zero-order valence-corrected chi connectivity index (χ0v) is 15.9. The van der Waals surface area contributed by atoms with Crippen molar-refractivity contribution in [2.45, 2.75) is 19.4 Å². The van der Waals surface area contributed by atoms with Crippen molar-refractivity contribution >= 4 is 53.2 Å². The number of allylic oxidation sites excluding steroid dienone is 1. The van der Waals surface area contributed by atoms with Gasteiger partial charge in [-0.05, 0) is 24.7 Å². The Morgan fingerprint density at radius 2 is 2.21 bits per heavy atom. The highest BCUT2D eigenvalue weighted by Gasteiger charge is 2.18. The van der Waals surface area contributed by atoms with E-state index in [1.165, 1.54) is 34.3 Å². The lowest BCUT2D eigenvalue weighted by Gasteiger charge is -2.04. The van der Waals surface area contributed by atoms with Gasteiger partial charge in [0, 0.05) is 36.2 Å². The fourth-order valence-corrected chi connectivity index (χ4v) is 3.91. The molecule has 0 fully saturated rings. The number of aliphatic carboxylic acids is 1. The SMILES string of the molecule is O=C(O)CCCn1c(O)c(/C=C2/C=NN=C2c2cccc([N+](=O)[O-])c2)sc1=S. The lowest BCUT2D eigenvalue weighted by atomic mass is 10.0. The second kappa shape index (κ2) is 8.23. The minimum atomic E-state index is -0.913. The van der Waals surface area contributed by atoms with Crippen LogP contribution in [-0.4, -0.2) is 37.6 Å². The number of aromatic nitrogens is 1. The molecule has 28 heavy (non-hydrogen) atoms. The van der Waals surface area contributed by atoms with E-state index >= 15 is 0 Å². The predicted octanol–water partition coefficient (Wildman–Crippen LogP) is 3.63. The first-order valence-electron chi connectivity index (χ1n) is 8.09. The van der Waals surface area contributed by atoms with Gasteiger partial charge in [-0.3, -0.25) is 19.5 Å². The van der Waals surface area contributed by atoms with Crippen molar-refractivity contribution in [2.75, 3.05) is 0 Å². The molecule has 2 aromatic rings. The third-order valence-electron chi connectivity index (χ3n) is 3.91. The van der Waals surface area contributed by atoms with Crippen molar-refractivity contribution in [3.63, 3.8) is 0 Å². The maximum Gasteiger partial charge on any atom is 0.303 e. The van der Waals surface area contributed by atoms with Gasteiger partial charge in [-0.25, -0.2) is 0 Å². The van der Waals surface area contributed by atoms with Crippen LogP contribution in [0.25, 0.3) is 6.08 Å². The fourth-order valence-electron chi connectivity index (χ4n) is 2.60. The number of rotatable bonds is 7. The summed E-state index contributed by atoms with van der Waals surface area (Å²) in [5, 5.41) is 38.1. The lowest BCUT2D eigenvalue weighted by molar-refractivity contribution is -0.384. The van der Waals surface area contributed by atoms with Gasteiger partial charge >= 0.3 is 5.97 Å². The Hall–Kier alpha value is -3.18. The van der Waals surface area contributed by atoms with Crippen LogP contribution in [-0.2, 0) is 11.3 Å². The van der Waals surface area contributed by atoms with E-state index in [0.29, 0.717) is 32.1 Å². The molecular weight excluding hydrogens is 404 g/mol. The largest absolute Gasteiger partial charge is 0.493 e. The van der Waals surface area contributed by atoms with E-state index < -0.39 is 10.9 Å². The Kier molecular flexibility index (Phi) is 5.76. The molecule has 1 aliphatic rings. The molecule has 1 aromatic heterocycles. The predicted molar refractivity (Wildman–Crippen MR) is 108 cm³/mol. The monoisotopic (exact) mass is 418 g/mol. The number of carbonyl (C=O) groups is 1. The average molecular weight is 418 g/mol. The van der Waals surface area contributed by atoms with Crippen molar-refractivity contribution in [1.29, 1.82) is 0 Å². The van der Waals surface area contributed by atoms with E-state index in [-0.39, 0.29) is 24.5 Å². The molecule has 3 rings (SSSR count). The Morgan fingerprint density at radius 1 is 1.43 bits per heavy atom. The third kappa shape index (κ3) is 4.21. The second-order valence-corrected chi connectivity index (χ2v) is 7.48. The number of benzene rings is 1. The van der Waals surface area contributed by atoms with E-state index in [0.717, 1.165) is 0 Å². The lowest BCUT2D eigenvalue weighted by Crippen LogP contribution is -2.03. The molecule has 0 saturated carbocycles. The highest BCUT2D eigenvalue weighted by Crippen LogP contribution is 2.30. The standard InChI is InChI=1S/C17H14N4O5S2/c22-14(23)5-2-6-20-16(24)13(28-17(20)27)8-11-9-18-19-15(11)10-3-1-4-12(7-10)21(25)26/h1,3-4,7-9,24H,2,5-6H2,(H,22,23)/b11-8-. The number of nitro groups is 1. The van der Waals surface area contributed by atoms with E-state index in [1.807, 2.05) is 0 Å². The van der Waals surface area contributed by atoms with Gasteiger partial charge in [-0.2, -0.15) is 5.10 Å². The topological polar surface area (TPSA) is 130 Å². The summed E-state index contributed by atoms with van der Waals surface area (Å²) in [6, 6.07) is 6.04. The molecule has 1 aromatic carbocycles. The number of hydrogen-bond acceptors (Lipinski definition) is 8. The van der Waals surface area contributed by atoms with Gasteiger partial charge in [0.25, 0.3) is 5.69 Å². The van der Waals surface area contributed by atoms with Crippen molar-refractivity contribution in [3.05, 3.63) is 54.3 Å². The molecule has 0 spiro atoms. The number of hydrogen-bond donors (Lipinski definition) is 2. The molecule has 0 amide bonds. The molecule has 2 heterocycles. The molecule has 9 nitrogen and oxygen atoms in total. The maximum absolute atomic E-state index is 11.0. The minimum Gasteiger partial charge on any atom is -0.493 e. The molecule has 0 atom stereocenters. The smallest absolute Gasteiger partial charge is 0.303 e. The van der Waals surface area contributed by atoms with E-state index in [2.05, 4.69) is 10.2 Å². The Morgan fingerprint density at radius 3 is 2.93 bits per heavy atom. The number of carboxylic acids is 1. The van der Waals surface area contributed by atoms with Crippen LogP contribution in [0.1, 0.15) is 23.3 Å². The van der Waals surface area contributed by atoms with Crippen molar-refractivity contribution < 1.29 is 19.9 Å². The Bertz CT molecular complexity index is 1100. The average Bonchev–Trinajstić information content (AvgIpc) is 3.21. The van der Waals surface area contributed by atoms with Gasteiger partial charge in [0.1, 0.15) is 5.71 Å². The highest BCUT2D eigenvalue weighted by molar-refractivity contribution is 7.73. The van der Waals surface area contributed by atoms with E-state index in [4.69, 9.17) is 17.3 Å². The number of non-ortho nitro benzene ring substituents is 1. The zero-order valence-electron chi connectivity index (χ0n) is 14.3. The maximum atomic E-state index is 11.0. The summed E-state index contributed by atoms with van der Waals surface area (Å²) >= 11 is 6.43. The first kappa shape index (κ1) is 19.6. The van der Waals surface area contributed by atoms with Gasteiger partial charge in [0.05, 0.1) is 16.0 Å². The van der Waals surface area contributed by atoms with Crippen LogP contribution in [0.15, 0.2) is 40.0 Å². The summed E-state index contributed by atoms with van der Waals surface area (Å²) in [5.74, 6) is -0.977. The summed E-state index contributed by atoms with van der Waals surface area (Å²) < 4.78 is 1.89. The van der Waals surface area contributed by atoms with Crippen molar-refractivity contribution in [1.82, 2.24) is 4.57 Å². The highest BCUT2D eigenvalue weighted by atomic mass is 32.1. The van der Waals surface area contributed by atoms with Crippen LogP contribution in [0.4, 0.5) is 5.69 Å². The van der Waals surface area contributed by atoms with Crippen LogP contribution in [0.3, 0.4) is 0 Å². The van der Waals surface area contributed by atoms with Crippen LogP contribution < -0.4 is 0 Å². The number of aromatic hydroxyl groups is 1. The zero-order chi connectivity index (χ0) is 20.3. The van der Waals surface area contributed by atoms with Gasteiger partial charge in [0.2, 0.25) is 5.88 Å². The van der Waals surface area contributed by atoms with Crippen molar-refractivity contribution in [2.24, 2.45) is 10.2 Å². The van der Waals surface area contributed by atoms with E-state index in [9.17, 15) is 20.0 Å². The Balaban J connectivity index is 1.89. The molecule has 0 unspecified atom stereocenters. The molecule has 144 valence electrons. The van der Waals surface area contributed by atoms with Crippen LogP contribution in [0, 0.1) is 14.1 Å².